The molecule has 0 radical (unpaired) electrons. The number of nitrogens with one attached hydrogen (secondary N) is 1. The number of likely N-dealkylation sites (tertiary alicyclic amines) is 1. The Morgan fingerprint density at radius 1 is 1.45 bits per heavy atom. The van der Waals surface area contributed by atoms with Gasteiger partial charge in [-0.15, -0.1) is 0 Å². The fourth-order valence-electron chi connectivity index (χ4n) is 2.03. The van der Waals surface area contributed by atoms with Gasteiger partial charge < -0.3 is 15.0 Å². The van der Waals surface area contributed by atoms with Gasteiger partial charge in [-0.2, -0.15) is 0 Å². The summed E-state index contributed by atoms with van der Waals surface area (Å²) in [5.41, 5.74) is 1.62. The number of pyridine rings is 1. The molecule has 0 unspecified atom stereocenters. The standard InChI is InChI=1S/C15H23N3O2/c1-11-6-5-7-12(17-11)8-16-13-9-18(10-13)14(19)20-15(2,3)4/h5-7,13,16H,8-10H2,1-4H3. The second kappa shape index (κ2) is 5.79. The summed E-state index contributed by atoms with van der Waals surface area (Å²) < 4.78 is 5.32. The molecule has 1 N–H and O–H groups in total. The van der Waals surface area contributed by atoms with E-state index in [4.69, 9.17) is 4.74 Å². The molecule has 0 saturated carbocycles. The molecule has 0 aliphatic carbocycles. The summed E-state index contributed by atoms with van der Waals surface area (Å²) in [4.78, 5) is 17.9. The van der Waals surface area contributed by atoms with Gasteiger partial charge in [-0.3, -0.25) is 4.98 Å². The van der Waals surface area contributed by atoms with E-state index < -0.39 is 5.60 Å². The highest BCUT2D eigenvalue weighted by Gasteiger charge is 2.33. The van der Waals surface area contributed by atoms with Crippen LogP contribution in [0.2, 0.25) is 0 Å². The first-order valence-electron chi connectivity index (χ1n) is 6.97. The van der Waals surface area contributed by atoms with Gasteiger partial charge in [-0.25, -0.2) is 4.79 Å². The summed E-state index contributed by atoms with van der Waals surface area (Å²) in [6, 6.07) is 6.32. The minimum atomic E-state index is -0.429. The number of hydrogen-bond acceptors (Lipinski definition) is 4. The second-order valence-corrected chi connectivity index (χ2v) is 6.23. The maximum absolute atomic E-state index is 11.8. The molecule has 110 valence electrons. The van der Waals surface area contributed by atoms with Gasteiger partial charge in [0.2, 0.25) is 0 Å². The van der Waals surface area contributed by atoms with Gasteiger partial charge in [-0.05, 0) is 39.8 Å². The van der Waals surface area contributed by atoms with Gasteiger partial charge in [0.15, 0.2) is 0 Å². The molecule has 1 amide bonds. The van der Waals surface area contributed by atoms with E-state index in [1.165, 1.54) is 0 Å². The Morgan fingerprint density at radius 3 is 2.75 bits per heavy atom. The summed E-state index contributed by atoms with van der Waals surface area (Å²) in [6.45, 7) is 9.74. The van der Waals surface area contributed by atoms with Crippen LogP contribution in [0, 0.1) is 6.92 Å². The smallest absolute Gasteiger partial charge is 0.410 e. The van der Waals surface area contributed by atoms with E-state index in [1.807, 2.05) is 45.9 Å². The monoisotopic (exact) mass is 277 g/mol. The van der Waals surface area contributed by atoms with Crippen LogP contribution in [-0.4, -0.2) is 40.7 Å². The number of amides is 1. The third-order valence-corrected chi connectivity index (χ3v) is 3.05. The SMILES string of the molecule is Cc1cccc(CNC2CN(C(=O)OC(C)(C)C)C2)n1. The first-order chi connectivity index (χ1) is 9.33. The maximum atomic E-state index is 11.8. The van der Waals surface area contributed by atoms with Crippen LogP contribution in [0.5, 0.6) is 0 Å². The molecule has 0 atom stereocenters. The van der Waals surface area contributed by atoms with E-state index in [0.29, 0.717) is 19.1 Å². The van der Waals surface area contributed by atoms with Gasteiger partial charge in [0.05, 0.1) is 5.69 Å². The third-order valence-electron chi connectivity index (χ3n) is 3.05. The molecule has 1 aliphatic rings. The molecule has 1 aromatic rings. The van der Waals surface area contributed by atoms with Gasteiger partial charge in [0.25, 0.3) is 0 Å². The van der Waals surface area contributed by atoms with Crippen molar-refractivity contribution < 1.29 is 9.53 Å². The molecular weight excluding hydrogens is 254 g/mol. The minimum absolute atomic E-state index is 0.232. The molecule has 1 aromatic heterocycles. The third kappa shape index (κ3) is 4.20. The van der Waals surface area contributed by atoms with Crippen molar-refractivity contribution in [1.29, 1.82) is 0 Å². The van der Waals surface area contributed by atoms with Crippen molar-refractivity contribution in [2.24, 2.45) is 0 Å². The fourth-order valence-corrected chi connectivity index (χ4v) is 2.03. The normalized spacial score (nSPS) is 15.9. The van der Waals surface area contributed by atoms with Crippen LogP contribution in [-0.2, 0) is 11.3 Å². The van der Waals surface area contributed by atoms with E-state index >= 15 is 0 Å². The predicted octanol–water partition coefficient (Wildman–Crippen LogP) is 2.10. The van der Waals surface area contributed by atoms with Crippen LogP contribution in [0.25, 0.3) is 0 Å². The molecule has 1 saturated heterocycles. The number of carbonyl (C=O) groups excluding carboxylic acids is 1. The molecule has 2 rings (SSSR count). The zero-order valence-corrected chi connectivity index (χ0v) is 12.6. The van der Waals surface area contributed by atoms with Crippen molar-refractivity contribution >= 4 is 6.09 Å². The number of aryl methyl sites for hydroxylation is 1. The first-order valence-corrected chi connectivity index (χ1v) is 6.97. The minimum Gasteiger partial charge on any atom is -0.444 e. The van der Waals surface area contributed by atoms with Crippen LogP contribution < -0.4 is 5.32 Å². The van der Waals surface area contributed by atoms with E-state index in [0.717, 1.165) is 17.9 Å². The lowest BCUT2D eigenvalue weighted by Crippen LogP contribution is -2.60. The topological polar surface area (TPSA) is 54.5 Å². The van der Waals surface area contributed by atoms with Crippen LogP contribution >= 0.6 is 0 Å². The summed E-state index contributed by atoms with van der Waals surface area (Å²) in [5.74, 6) is 0. The van der Waals surface area contributed by atoms with E-state index in [9.17, 15) is 4.79 Å². The lowest BCUT2D eigenvalue weighted by atomic mass is 10.1. The molecular formula is C15H23N3O2. The maximum Gasteiger partial charge on any atom is 0.410 e. The van der Waals surface area contributed by atoms with Crippen LogP contribution in [0.15, 0.2) is 18.2 Å². The van der Waals surface area contributed by atoms with Crippen molar-refractivity contribution in [1.82, 2.24) is 15.2 Å². The Bertz CT molecular complexity index is 476. The highest BCUT2D eigenvalue weighted by atomic mass is 16.6. The van der Waals surface area contributed by atoms with Crippen LogP contribution in [0.3, 0.4) is 0 Å². The van der Waals surface area contributed by atoms with Crippen molar-refractivity contribution in [3.8, 4) is 0 Å². The van der Waals surface area contributed by atoms with Gasteiger partial charge in [-0.1, -0.05) is 6.07 Å². The van der Waals surface area contributed by atoms with E-state index in [2.05, 4.69) is 10.3 Å². The van der Waals surface area contributed by atoms with Gasteiger partial charge in [0, 0.05) is 31.4 Å². The van der Waals surface area contributed by atoms with Crippen LogP contribution in [0.4, 0.5) is 4.79 Å². The molecule has 2 heterocycles. The number of carbonyl (C=O) groups is 1. The first kappa shape index (κ1) is 14.8. The summed E-state index contributed by atoms with van der Waals surface area (Å²) >= 11 is 0. The zero-order valence-electron chi connectivity index (χ0n) is 12.6. The van der Waals surface area contributed by atoms with Gasteiger partial charge >= 0.3 is 6.09 Å². The summed E-state index contributed by atoms with van der Waals surface area (Å²) in [6.07, 6.45) is -0.232. The highest BCUT2D eigenvalue weighted by molar-refractivity contribution is 5.69. The Kier molecular flexibility index (Phi) is 4.28. The lowest BCUT2D eigenvalue weighted by molar-refractivity contribution is 0.00516. The van der Waals surface area contributed by atoms with E-state index in [1.54, 1.807) is 4.90 Å². The van der Waals surface area contributed by atoms with Crippen LogP contribution in [0.1, 0.15) is 32.2 Å². The Labute approximate surface area is 120 Å². The number of ether oxygens (including phenoxy) is 1. The molecule has 0 spiro atoms. The largest absolute Gasteiger partial charge is 0.444 e. The fraction of sp³-hybridized carbons (Fsp3) is 0.600. The molecule has 0 bridgehead atoms. The number of nitrogens with zero attached hydrogens (tertiary/aromatic N) is 2. The quantitative estimate of drug-likeness (QED) is 0.919. The van der Waals surface area contributed by atoms with Crippen molar-refractivity contribution in [2.45, 2.75) is 45.9 Å². The number of rotatable bonds is 3. The average molecular weight is 277 g/mol. The Morgan fingerprint density at radius 2 is 2.15 bits per heavy atom. The molecule has 5 heteroatoms. The van der Waals surface area contributed by atoms with Crippen molar-refractivity contribution in [3.05, 3.63) is 29.6 Å². The van der Waals surface area contributed by atoms with Gasteiger partial charge in [0.1, 0.15) is 5.60 Å². The molecule has 0 aromatic carbocycles. The molecule has 5 nitrogen and oxygen atoms in total. The van der Waals surface area contributed by atoms with E-state index in [-0.39, 0.29) is 6.09 Å². The number of hydrogen-bond donors (Lipinski definition) is 1. The Hall–Kier alpha value is -1.62. The molecule has 1 aliphatic heterocycles. The zero-order chi connectivity index (χ0) is 14.8. The second-order valence-electron chi connectivity index (χ2n) is 6.23. The summed E-state index contributed by atoms with van der Waals surface area (Å²) in [7, 11) is 0. The summed E-state index contributed by atoms with van der Waals surface area (Å²) in [5, 5.41) is 3.40. The molecule has 20 heavy (non-hydrogen) atoms. The van der Waals surface area contributed by atoms with Crippen molar-refractivity contribution in [2.75, 3.05) is 13.1 Å². The number of aromatic nitrogens is 1. The molecule has 1 fully saturated rings. The van der Waals surface area contributed by atoms with Crippen molar-refractivity contribution in [3.63, 3.8) is 0 Å². The lowest BCUT2D eigenvalue weighted by Gasteiger charge is -2.40. The predicted molar refractivity (Wildman–Crippen MR) is 77.4 cm³/mol. The highest BCUT2D eigenvalue weighted by Crippen LogP contribution is 2.15. The average Bonchev–Trinajstić information content (AvgIpc) is 2.24. The Balaban J connectivity index is 1.71.